The summed E-state index contributed by atoms with van der Waals surface area (Å²) in [7, 11) is 1.54. The van der Waals surface area contributed by atoms with Crippen LogP contribution in [0, 0.1) is 0 Å². The lowest BCUT2D eigenvalue weighted by Gasteiger charge is -2.11. The first-order valence-electron chi connectivity index (χ1n) is 8.15. The molecule has 136 valence electrons. The third-order valence-corrected chi connectivity index (χ3v) is 5.29. The summed E-state index contributed by atoms with van der Waals surface area (Å²) >= 11 is 7.68. The van der Waals surface area contributed by atoms with E-state index in [2.05, 4.69) is 11.6 Å². The fourth-order valence-electron chi connectivity index (χ4n) is 2.87. The highest BCUT2D eigenvalue weighted by atomic mass is 35.5. The van der Waals surface area contributed by atoms with Gasteiger partial charge >= 0.3 is 0 Å². The Morgan fingerprint density at radius 3 is 2.93 bits per heavy atom. The minimum Gasteiger partial charge on any atom is -0.493 e. The predicted molar refractivity (Wildman–Crippen MR) is 109 cm³/mol. The zero-order valence-corrected chi connectivity index (χ0v) is 16.0. The number of halogens is 1. The number of imidazole rings is 1. The van der Waals surface area contributed by atoms with E-state index in [4.69, 9.17) is 21.1 Å². The van der Waals surface area contributed by atoms with Gasteiger partial charge in [-0.1, -0.05) is 47.7 Å². The van der Waals surface area contributed by atoms with Crippen molar-refractivity contribution in [1.82, 2.24) is 9.38 Å². The Balaban J connectivity index is 1.86. The smallest absolute Gasteiger partial charge is 0.274 e. The van der Waals surface area contributed by atoms with Crippen molar-refractivity contribution >= 4 is 45.0 Å². The second kappa shape index (κ2) is 7.06. The lowest BCUT2D eigenvalue weighted by Crippen LogP contribution is -2.22. The first-order valence-corrected chi connectivity index (χ1v) is 9.34. The van der Waals surface area contributed by atoms with Crippen LogP contribution in [0.25, 0.3) is 22.1 Å². The largest absolute Gasteiger partial charge is 0.493 e. The number of nitrogens with zero attached hydrogens (tertiary/aromatic N) is 2. The molecule has 0 aliphatic carbocycles. The number of fused-ring (bicyclic) bond motifs is 3. The molecule has 2 aromatic carbocycles. The molecule has 0 radical (unpaired) electrons. The molecule has 0 amide bonds. The van der Waals surface area contributed by atoms with Gasteiger partial charge in [0.15, 0.2) is 16.5 Å². The predicted octanol–water partition coefficient (Wildman–Crippen LogP) is 3.68. The van der Waals surface area contributed by atoms with Crippen molar-refractivity contribution in [3.63, 3.8) is 0 Å². The summed E-state index contributed by atoms with van der Waals surface area (Å²) < 4.78 is 13.1. The highest BCUT2D eigenvalue weighted by Gasteiger charge is 2.13. The fourth-order valence-corrected chi connectivity index (χ4v) is 4.13. The fraction of sp³-hybridized carbons (Fsp3) is 0.100. The van der Waals surface area contributed by atoms with Crippen molar-refractivity contribution in [3.8, 4) is 11.5 Å². The van der Waals surface area contributed by atoms with Crippen LogP contribution in [0.2, 0.25) is 5.02 Å². The van der Waals surface area contributed by atoms with Gasteiger partial charge in [0.05, 0.1) is 27.7 Å². The summed E-state index contributed by atoms with van der Waals surface area (Å²) in [5.74, 6) is 0.945. The van der Waals surface area contributed by atoms with Crippen LogP contribution in [0.4, 0.5) is 0 Å². The molecule has 0 saturated heterocycles. The van der Waals surface area contributed by atoms with Gasteiger partial charge in [-0.15, -0.1) is 0 Å². The Morgan fingerprint density at radius 1 is 1.33 bits per heavy atom. The molecule has 0 N–H and O–H groups in total. The second-order valence-electron chi connectivity index (χ2n) is 5.77. The molecular weight excluding hydrogens is 384 g/mol. The van der Waals surface area contributed by atoms with E-state index >= 15 is 0 Å². The lowest BCUT2D eigenvalue weighted by molar-refractivity contribution is 0.326. The molecule has 0 saturated carbocycles. The van der Waals surface area contributed by atoms with Gasteiger partial charge in [-0.3, -0.25) is 4.79 Å². The molecule has 27 heavy (non-hydrogen) atoms. The van der Waals surface area contributed by atoms with Crippen molar-refractivity contribution in [2.24, 2.45) is 0 Å². The topological polar surface area (TPSA) is 52.8 Å². The maximum absolute atomic E-state index is 12.9. The summed E-state index contributed by atoms with van der Waals surface area (Å²) in [6.07, 6.45) is 3.41. The number of ether oxygens (including phenoxy) is 2. The molecule has 0 aliphatic heterocycles. The lowest BCUT2D eigenvalue weighted by atomic mass is 10.2. The molecule has 0 bridgehead atoms. The molecule has 2 aromatic heterocycles. The Morgan fingerprint density at radius 2 is 2.15 bits per heavy atom. The van der Waals surface area contributed by atoms with Crippen LogP contribution >= 0.6 is 22.9 Å². The van der Waals surface area contributed by atoms with Crippen molar-refractivity contribution in [3.05, 3.63) is 74.5 Å². The normalized spacial score (nSPS) is 12.0. The van der Waals surface area contributed by atoms with Crippen LogP contribution in [-0.4, -0.2) is 23.1 Å². The molecule has 0 fully saturated rings. The van der Waals surface area contributed by atoms with Crippen LogP contribution in [0.1, 0.15) is 5.56 Å². The quantitative estimate of drug-likeness (QED) is 0.481. The highest BCUT2D eigenvalue weighted by Crippen LogP contribution is 2.36. The van der Waals surface area contributed by atoms with Crippen LogP contribution in [-0.2, 0) is 0 Å². The maximum Gasteiger partial charge on any atom is 0.274 e. The van der Waals surface area contributed by atoms with Crippen molar-refractivity contribution in [2.75, 3.05) is 13.7 Å². The van der Waals surface area contributed by atoms with E-state index in [1.165, 1.54) is 11.3 Å². The summed E-state index contributed by atoms with van der Waals surface area (Å²) in [6.45, 7) is 3.94. The van der Waals surface area contributed by atoms with Gasteiger partial charge in [0, 0.05) is 0 Å². The van der Waals surface area contributed by atoms with Crippen LogP contribution in [0.5, 0.6) is 11.5 Å². The van der Waals surface area contributed by atoms with E-state index in [1.54, 1.807) is 35.8 Å². The first-order chi connectivity index (χ1) is 13.1. The molecule has 2 heterocycles. The summed E-state index contributed by atoms with van der Waals surface area (Å²) in [5, 5.41) is 0.404. The van der Waals surface area contributed by atoms with Gasteiger partial charge in [0.1, 0.15) is 6.61 Å². The number of hydrogen-bond donors (Lipinski definition) is 0. The zero-order chi connectivity index (χ0) is 19.0. The Bertz CT molecular complexity index is 1280. The number of methoxy groups -OCH3 is 1. The molecule has 7 heteroatoms. The van der Waals surface area contributed by atoms with Gasteiger partial charge in [-0.2, -0.15) is 0 Å². The Labute approximate surface area is 163 Å². The van der Waals surface area contributed by atoms with E-state index in [-0.39, 0.29) is 5.56 Å². The number of aromatic nitrogens is 2. The van der Waals surface area contributed by atoms with Crippen molar-refractivity contribution < 1.29 is 9.47 Å². The number of hydrogen-bond acceptors (Lipinski definition) is 5. The molecular formula is C20H15ClN2O3S. The standard InChI is InChI=1S/C20H15ClN2O3S/c1-3-8-26-18-13(21)9-12(10-16(18)25-2)11-17-19(24)23-15-7-5-4-6-14(15)22-20(23)27-17/h3-7,9-11H,1,8H2,2H3/b17-11-. The zero-order valence-electron chi connectivity index (χ0n) is 14.4. The number of benzene rings is 2. The average Bonchev–Trinajstić information content (AvgIpc) is 3.17. The minimum absolute atomic E-state index is 0.106. The molecule has 0 spiro atoms. The molecule has 4 rings (SSSR count). The summed E-state index contributed by atoms with van der Waals surface area (Å²) in [4.78, 5) is 18.0. The third kappa shape index (κ3) is 3.07. The Kier molecular flexibility index (Phi) is 4.59. The summed E-state index contributed by atoms with van der Waals surface area (Å²) in [5.41, 5.74) is 2.25. The number of rotatable bonds is 5. The van der Waals surface area contributed by atoms with Crippen LogP contribution in [0.15, 0.2) is 53.8 Å². The minimum atomic E-state index is -0.106. The van der Waals surface area contributed by atoms with E-state index < -0.39 is 0 Å². The summed E-state index contributed by atoms with van der Waals surface area (Å²) in [6, 6.07) is 11.1. The molecule has 0 unspecified atom stereocenters. The number of para-hydroxylation sites is 2. The SMILES string of the molecule is C=CCOc1c(Cl)cc(/C=c2\sc3nc4ccccc4n3c2=O)cc1OC. The molecule has 0 aliphatic rings. The van der Waals surface area contributed by atoms with Crippen LogP contribution < -0.4 is 19.6 Å². The van der Waals surface area contributed by atoms with E-state index in [9.17, 15) is 4.79 Å². The second-order valence-corrected chi connectivity index (χ2v) is 7.18. The monoisotopic (exact) mass is 398 g/mol. The molecule has 5 nitrogen and oxygen atoms in total. The average molecular weight is 399 g/mol. The highest BCUT2D eigenvalue weighted by molar-refractivity contribution is 7.15. The van der Waals surface area contributed by atoms with Gasteiger partial charge in [-0.05, 0) is 35.9 Å². The number of thiazole rings is 1. The molecule has 4 aromatic rings. The Hall–Kier alpha value is -2.83. The van der Waals surface area contributed by atoms with Gasteiger partial charge in [0.2, 0.25) is 0 Å². The maximum atomic E-state index is 12.9. The van der Waals surface area contributed by atoms with Crippen LogP contribution in [0.3, 0.4) is 0 Å². The van der Waals surface area contributed by atoms with Crippen molar-refractivity contribution in [2.45, 2.75) is 0 Å². The van der Waals surface area contributed by atoms with Gasteiger partial charge in [-0.25, -0.2) is 9.38 Å². The van der Waals surface area contributed by atoms with Gasteiger partial charge < -0.3 is 9.47 Å². The van der Waals surface area contributed by atoms with E-state index in [1.807, 2.05) is 24.3 Å². The van der Waals surface area contributed by atoms with Gasteiger partial charge in [0.25, 0.3) is 5.56 Å². The van der Waals surface area contributed by atoms with Crippen molar-refractivity contribution in [1.29, 1.82) is 0 Å². The van der Waals surface area contributed by atoms with E-state index in [0.29, 0.717) is 32.6 Å². The third-order valence-electron chi connectivity index (χ3n) is 4.04. The molecule has 0 atom stereocenters. The van der Waals surface area contributed by atoms with E-state index in [0.717, 1.165) is 16.6 Å². The first kappa shape index (κ1) is 17.6.